The lowest BCUT2D eigenvalue weighted by Gasteiger charge is -2.25. The van der Waals surface area contributed by atoms with E-state index in [0.29, 0.717) is 0 Å². The van der Waals surface area contributed by atoms with Gasteiger partial charge in [-0.25, -0.2) is 0 Å². The van der Waals surface area contributed by atoms with E-state index in [-0.39, 0.29) is 0 Å². The highest BCUT2D eigenvalue weighted by Gasteiger charge is 2.19. The molecule has 0 nitrogen and oxygen atoms in total. The maximum atomic E-state index is 2.36. The first-order valence-electron chi connectivity index (χ1n) is 5.42. The van der Waals surface area contributed by atoms with Crippen molar-refractivity contribution in [3.63, 3.8) is 0 Å². The fraction of sp³-hybridized carbons (Fsp3) is 0.286. The van der Waals surface area contributed by atoms with E-state index < -0.39 is 0 Å². The van der Waals surface area contributed by atoms with E-state index in [1.807, 2.05) is 0 Å². The molecule has 1 aliphatic carbocycles. The summed E-state index contributed by atoms with van der Waals surface area (Å²) in [6, 6.07) is 15.5. The van der Waals surface area contributed by atoms with Crippen molar-refractivity contribution in [3.05, 3.63) is 48.0 Å². The molecule has 0 heteroatoms. The molecule has 0 bridgehead atoms. The van der Waals surface area contributed by atoms with Crippen LogP contribution in [-0.4, -0.2) is 0 Å². The van der Waals surface area contributed by atoms with E-state index in [1.54, 1.807) is 0 Å². The molecule has 1 saturated carbocycles. The lowest BCUT2D eigenvalue weighted by atomic mass is 9.79. The highest BCUT2D eigenvalue weighted by atomic mass is 14.2. The van der Waals surface area contributed by atoms with Gasteiger partial charge in [-0.05, 0) is 35.1 Å². The van der Waals surface area contributed by atoms with Crippen molar-refractivity contribution in [1.82, 2.24) is 0 Å². The SMILES string of the molecule is c1ccc2cc(C3CCC3)ccc2c1. The smallest absolute Gasteiger partial charge is 0.0162 e. The average molecular weight is 182 g/mol. The summed E-state index contributed by atoms with van der Waals surface area (Å²) < 4.78 is 0. The second-order valence-corrected chi connectivity index (χ2v) is 4.23. The summed E-state index contributed by atoms with van der Waals surface area (Å²) in [5.74, 6) is 0.847. The molecule has 0 spiro atoms. The molecule has 3 rings (SSSR count). The van der Waals surface area contributed by atoms with E-state index in [0.717, 1.165) is 5.92 Å². The minimum Gasteiger partial charge on any atom is -0.0616 e. The molecule has 2 aromatic carbocycles. The predicted octanol–water partition coefficient (Wildman–Crippen LogP) is 4.11. The zero-order valence-electron chi connectivity index (χ0n) is 8.24. The molecule has 0 N–H and O–H groups in total. The zero-order chi connectivity index (χ0) is 9.38. The summed E-state index contributed by atoms with van der Waals surface area (Å²) in [5, 5.41) is 2.74. The Morgan fingerprint density at radius 2 is 1.64 bits per heavy atom. The molecule has 0 aliphatic heterocycles. The van der Waals surface area contributed by atoms with Crippen LogP contribution < -0.4 is 0 Å². The second kappa shape index (κ2) is 3.13. The Morgan fingerprint density at radius 3 is 2.36 bits per heavy atom. The van der Waals surface area contributed by atoms with Gasteiger partial charge in [-0.2, -0.15) is 0 Å². The first-order valence-corrected chi connectivity index (χ1v) is 5.42. The van der Waals surface area contributed by atoms with Crippen molar-refractivity contribution in [2.45, 2.75) is 25.2 Å². The van der Waals surface area contributed by atoms with Gasteiger partial charge in [0, 0.05) is 0 Å². The summed E-state index contributed by atoms with van der Waals surface area (Å²) in [5.41, 5.74) is 1.54. The standard InChI is InChI=1S/C14H14/c1-2-5-13-10-14(11-6-3-7-11)9-8-12(13)4-1/h1-2,4-5,8-11H,3,6-7H2. The summed E-state index contributed by atoms with van der Waals surface area (Å²) >= 11 is 0. The van der Waals surface area contributed by atoms with Gasteiger partial charge >= 0.3 is 0 Å². The molecule has 1 fully saturated rings. The molecule has 0 amide bonds. The Morgan fingerprint density at radius 1 is 0.857 bits per heavy atom. The summed E-state index contributed by atoms with van der Waals surface area (Å²) in [7, 11) is 0. The molecular weight excluding hydrogens is 168 g/mol. The molecule has 0 saturated heterocycles. The molecule has 0 aromatic heterocycles. The van der Waals surface area contributed by atoms with Gasteiger partial charge in [0.15, 0.2) is 0 Å². The monoisotopic (exact) mass is 182 g/mol. The van der Waals surface area contributed by atoms with Crippen LogP contribution in [0.1, 0.15) is 30.7 Å². The van der Waals surface area contributed by atoms with Crippen molar-refractivity contribution in [2.24, 2.45) is 0 Å². The van der Waals surface area contributed by atoms with Crippen molar-refractivity contribution in [1.29, 1.82) is 0 Å². The van der Waals surface area contributed by atoms with Crippen LogP contribution in [0.2, 0.25) is 0 Å². The van der Waals surface area contributed by atoms with E-state index in [2.05, 4.69) is 42.5 Å². The minimum atomic E-state index is 0.847. The largest absolute Gasteiger partial charge is 0.0616 e. The highest BCUT2D eigenvalue weighted by molar-refractivity contribution is 5.83. The van der Waals surface area contributed by atoms with Crippen LogP contribution in [0.5, 0.6) is 0 Å². The van der Waals surface area contributed by atoms with E-state index in [1.165, 1.54) is 35.6 Å². The van der Waals surface area contributed by atoms with Gasteiger partial charge in [0.1, 0.15) is 0 Å². The van der Waals surface area contributed by atoms with Crippen LogP contribution in [0.25, 0.3) is 10.8 Å². The van der Waals surface area contributed by atoms with Gasteiger partial charge in [0.05, 0.1) is 0 Å². The molecule has 14 heavy (non-hydrogen) atoms. The lowest BCUT2D eigenvalue weighted by Crippen LogP contribution is -2.08. The molecule has 2 aromatic rings. The maximum absolute atomic E-state index is 2.36. The van der Waals surface area contributed by atoms with Gasteiger partial charge in [-0.1, -0.05) is 48.9 Å². The van der Waals surface area contributed by atoms with Crippen molar-refractivity contribution in [3.8, 4) is 0 Å². The van der Waals surface area contributed by atoms with Gasteiger partial charge < -0.3 is 0 Å². The van der Waals surface area contributed by atoms with Gasteiger partial charge in [-0.15, -0.1) is 0 Å². The Balaban J connectivity index is 2.10. The van der Waals surface area contributed by atoms with Gasteiger partial charge in [-0.3, -0.25) is 0 Å². The van der Waals surface area contributed by atoms with Crippen LogP contribution in [0.4, 0.5) is 0 Å². The Labute approximate surface area is 84.6 Å². The number of hydrogen-bond acceptors (Lipinski definition) is 0. The lowest BCUT2D eigenvalue weighted by molar-refractivity contribution is 0.420. The average Bonchev–Trinajstić information content (AvgIpc) is 2.15. The molecule has 0 atom stereocenters. The van der Waals surface area contributed by atoms with Crippen LogP contribution in [-0.2, 0) is 0 Å². The minimum absolute atomic E-state index is 0.847. The Bertz CT molecular complexity index is 452. The van der Waals surface area contributed by atoms with E-state index >= 15 is 0 Å². The first kappa shape index (κ1) is 8.05. The van der Waals surface area contributed by atoms with Crippen LogP contribution in [0.3, 0.4) is 0 Å². The maximum Gasteiger partial charge on any atom is -0.0162 e. The van der Waals surface area contributed by atoms with Crippen LogP contribution in [0, 0.1) is 0 Å². The van der Waals surface area contributed by atoms with Gasteiger partial charge in [0.25, 0.3) is 0 Å². The Kier molecular flexibility index (Phi) is 1.80. The van der Waals surface area contributed by atoms with E-state index in [4.69, 9.17) is 0 Å². The summed E-state index contributed by atoms with van der Waals surface area (Å²) in [4.78, 5) is 0. The molecule has 0 unspecified atom stereocenters. The number of rotatable bonds is 1. The summed E-state index contributed by atoms with van der Waals surface area (Å²) in [6.07, 6.45) is 4.19. The molecule has 1 aliphatic rings. The highest BCUT2D eigenvalue weighted by Crippen LogP contribution is 2.37. The third kappa shape index (κ3) is 1.22. The first-order chi connectivity index (χ1) is 6.93. The molecular formula is C14H14. The predicted molar refractivity (Wildman–Crippen MR) is 60.5 cm³/mol. The van der Waals surface area contributed by atoms with Crippen molar-refractivity contribution < 1.29 is 0 Å². The number of hydrogen-bond donors (Lipinski definition) is 0. The fourth-order valence-corrected chi connectivity index (χ4v) is 2.20. The second-order valence-electron chi connectivity index (χ2n) is 4.23. The number of fused-ring (bicyclic) bond motifs is 1. The molecule has 70 valence electrons. The zero-order valence-corrected chi connectivity index (χ0v) is 8.24. The van der Waals surface area contributed by atoms with E-state index in [9.17, 15) is 0 Å². The van der Waals surface area contributed by atoms with Crippen molar-refractivity contribution in [2.75, 3.05) is 0 Å². The molecule has 0 heterocycles. The third-order valence-corrected chi connectivity index (χ3v) is 3.35. The van der Waals surface area contributed by atoms with Gasteiger partial charge in [0.2, 0.25) is 0 Å². The van der Waals surface area contributed by atoms with Crippen LogP contribution >= 0.6 is 0 Å². The van der Waals surface area contributed by atoms with Crippen molar-refractivity contribution >= 4 is 10.8 Å². The Hall–Kier alpha value is -1.30. The fourth-order valence-electron chi connectivity index (χ4n) is 2.20. The topological polar surface area (TPSA) is 0 Å². The summed E-state index contributed by atoms with van der Waals surface area (Å²) in [6.45, 7) is 0. The normalized spacial score (nSPS) is 16.9. The number of benzene rings is 2. The third-order valence-electron chi connectivity index (χ3n) is 3.35. The quantitative estimate of drug-likeness (QED) is 0.622. The van der Waals surface area contributed by atoms with Crippen LogP contribution in [0.15, 0.2) is 42.5 Å². The molecule has 0 radical (unpaired) electrons.